The number of benzene rings is 1. The Morgan fingerprint density at radius 2 is 2.00 bits per heavy atom. The van der Waals surface area contributed by atoms with E-state index in [2.05, 4.69) is 6.07 Å². The molecular weight excluding hydrogens is 232 g/mol. The van der Waals surface area contributed by atoms with Gasteiger partial charge in [-0.1, -0.05) is 6.07 Å². The monoisotopic (exact) mass is 246 g/mol. The molecule has 0 radical (unpaired) electrons. The molecule has 1 aliphatic heterocycles. The van der Waals surface area contributed by atoms with Crippen molar-refractivity contribution in [2.45, 2.75) is 12.8 Å². The average molecular weight is 246 g/mol. The third-order valence-electron chi connectivity index (χ3n) is 3.21. The molecule has 0 spiro atoms. The number of para-hydroxylation sites is 1. The first-order valence-corrected chi connectivity index (χ1v) is 5.83. The van der Waals surface area contributed by atoms with Crippen LogP contribution in [0, 0.1) is 17.2 Å². The van der Waals surface area contributed by atoms with Gasteiger partial charge in [0.1, 0.15) is 0 Å². The molecule has 0 unspecified atom stereocenters. The Morgan fingerprint density at radius 1 is 1.33 bits per heavy atom. The Bertz CT molecular complexity index is 499. The highest BCUT2D eigenvalue weighted by molar-refractivity contribution is 5.97. The number of aromatic hydroxyl groups is 2. The summed E-state index contributed by atoms with van der Waals surface area (Å²) < 4.78 is 0. The van der Waals surface area contributed by atoms with Crippen LogP contribution in [-0.2, 0) is 0 Å². The van der Waals surface area contributed by atoms with Crippen LogP contribution in [0.15, 0.2) is 18.2 Å². The molecule has 0 saturated carbocycles. The Kier molecular flexibility index (Phi) is 3.38. The zero-order chi connectivity index (χ0) is 13.1. The quantitative estimate of drug-likeness (QED) is 0.735. The molecule has 5 nitrogen and oxygen atoms in total. The van der Waals surface area contributed by atoms with Crippen LogP contribution in [0.3, 0.4) is 0 Å². The van der Waals surface area contributed by atoms with Crippen molar-refractivity contribution < 1.29 is 15.0 Å². The van der Waals surface area contributed by atoms with Crippen LogP contribution in [0.4, 0.5) is 0 Å². The number of carbonyl (C=O) groups is 1. The first kappa shape index (κ1) is 12.2. The van der Waals surface area contributed by atoms with Crippen LogP contribution in [0.25, 0.3) is 0 Å². The number of amides is 1. The number of phenols is 2. The Labute approximate surface area is 105 Å². The van der Waals surface area contributed by atoms with E-state index in [0.29, 0.717) is 25.9 Å². The van der Waals surface area contributed by atoms with Gasteiger partial charge < -0.3 is 15.1 Å². The van der Waals surface area contributed by atoms with Crippen molar-refractivity contribution in [2.24, 2.45) is 5.92 Å². The summed E-state index contributed by atoms with van der Waals surface area (Å²) in [6, 6.07) is 6.52. The van der Waals surface area contributed by atoms with Crippen molar-refractivity contribution in [3.63, 3.8) is 0 Å². The molecule has 1 heterocycles. The molecule has 0 aromatic heterocycles. The third kappa shape index (κ3) is 2.23. The number of hydrogen-bond acceptors (Lipinski definition) is 4. The average Bonchev–Trinajstić information content (AvgIpc) is 2.41. The summed E-state index contributed by atoms with van der Waals surface area (Å²) in [7, 11) is 0. The number of nitrogens with zero attached hydrogens (tertiary/aromatic N) is 2. The Hall–Kier alpha value is -2.22. The lowest BCUT2D eigenvalue weighted by atomic mass is 9.98. The van der Waals surface area contributed by atoms with E-state index in [4.69, 9.17) is 5.26 Å². The zero-order valence-corrected chi connectivity index (χ0v) is 9.83. The van der Waals surface area contributed by atoms with Gasteiger partial charge in [-0.15, -0.1) is 0 Å². The van der Waals surface area contributed by atoms with E-state index in [9.17, 15) is 15.0 Å². The van der Waals surface area contributed by atoms with Crippen LogP contribution < -0.4 is 0 Å². The van der Waals surface area contributed by atoms with Crippen molar-refractivity contribution in [1.82, 2.24) is 4.90 Å². The molecule has 2 N–H and O–H groups in total. The maximum absolute atomic E-state index is 12.1. The predicted molar refractivity (Wildman–Crippen MR) is 64.0 cm³/mol. The number of hydrogen-bond donors (Lipinski definition) is 2. The van der Waals surface area contributed by atoms with Gasteiger partial charge in [0.05, 0.1) is 11.6 Å². The minimum atomic E-state index is -0.384. The largest absolute Gasteiger partial charge is 0.504 e. The summed E-state index contributed by atoms with van der Waals surface area (Å²) >= 11 is 0. The molecule has 1 saturated heterocycles. The molecule has 94 valence electrons. The first-order chi connectivity index (χ1) is 8.63. The number of nitriles is 1. The summed E-state index contributed by atoms with van der Waals surface area (Å²) in [5.41, 5.74) is 0.102. The van der Waals surface area contributed by atoms with Gasteiger partial charge in [-0.25, -0.2) is 0 Å². The number of rotatable bonds is 1. The smallest absolute Gasteiger partial charge is 0.257 e. The molecule has 18 heavy (non-hydrogen) atoms. The molecule has 1 aromatic carbocycles. The van der Waals surface area contributed by atoms with Crippen LogP contribution >= 0.6 is 0 Å². The highest BCUT2D eigenvalue weighted by Gasteiger charge is 2.25. The van der Waals surface area contributed by atoms with Crippen molar-refractivity contribution >= 4 is 5.91 Å². The number of phenolic OH excluding ortho intramolecular Hbond substituents is 2. The van der Waals surface area contributed by atoms with Gasteiger partial charge in [-0.3, -0.25) is 4.79 Å². The van der Waals surface area contributed by atoms with Crippen LogP contribution in [-0.4, -0.2) is 34.1 Å². The Morgan fingerprint density at radius 3 is 2.61 bits per heavy atom. The predicted octanol–water partition coefficient (Wildman–Crippen LogP) is 1.47. The van der Waals surface area contributed by atoms with Crippen LogP contribution in [0.1, 0.15) is 23.2 Å². The van der Waals surface area contributed by atoms with E-state index in [1.807, 2.05) is 0 Å². The molecule has 1 aromatic rings. The number of piperidine rings is 1. The molecule has 1 fully saturated rings. The van der Waals surface area contributed by atoms with Gasteiger partial charge in [0.15, 0.2) is 11.5 Å². The molecular formula is C13H14N2O3. The van der Waals surface area contributed by atoms with Crippen molar-refractivity contribution in [2.75, 3.05) is 13.1 Å². The van der Waals surface area contributed by atoms with E-state index >= 15 is 0 Å². The van der Waals surface area contributed by atoms with E-state index in [1.165, 1.54) is 18.2 Å². The van der Waals surface area contributed by atoms with Gasteiger partial charge in [0, 0.05) is 19.0 Å². The minimum absolute atomic E-state index is 0.00632. The Balaban J connectivity index is 2.13. The fourth-order valence-electron chi connectivity index (χ4n) is 2.09. The lowest BCUT2D eigenvalue weighted by Gasteiger charge is -2.29. The molecule has 2 rings (SSSR count). The number of carbonyl (C=O) groups excluding carboxylic acids is 1. The van der Waals surface area contributed by atoms with Crippen LogP contribution in [0.2, 0.25) is 0 Å². The molecule has 0 atom stereocenters. The fraction of sp³-hybridized carbons (Fsp3) is 0.385. The van der Waals surface area contributed by atoms with E-state index in [1.54, 1.807) is 4.90 Å². The topological polar surface area (TPSA) is 84.6 Å². The van der Waals surface area contributed by atoms with Gasteiger partial charge in [-0.05, 0) is 25.0 Å². The molecule has 1 amide bonds. The standard InChI is InChI=1S/C13H14N2O3/c14-8-9-4-6-15(7-5-9)13(18)10-2-1-3-11(16)12(10)17/h1-3,9,16-17H,4-7H2. The summed E-state index contributed by atoms with van der Waals surface area (Å²) in [5.74, 6) is -0.982. The SMILES string of the molecule is N#CC1CCN(C(=O)c2cccc(O)c2O)CC1. The normalized spacial score (nSPS) is 16.3. The van der Waals surface area contributed by atoms with Crippen molar-refractivity contribution in [3.05, 3.63) is 23.8 Å². The molecule has 0 aliphatic carbocycles. The summed E-state index contributed by atoms with van der Waals surface area (Å²) in [5, 5.41) is 27.8. The van der Waals surface area contributed by atoms with Crippen molar-refractivity contribution in [1.29, 1.82) is 5.26 Å². The minimum Gasteiger partial charge on any atom is -0.504 e. The van der Waals surface area contributed by atoms with Crippen LogP contribution in [0.5, 0.6) is 11.5 Å². The van der Waals surface area contributed by atoms with E-state index in [-0.39, 0.29) is 28.9 Å². The number of likely N-dealkylation sites (tertiary alicyclic amines) is 1. The van der Waals surface area contributed by atoms with E-state index < -0.39 is 0 Å². The molecule has 5 heteroatoms. The zero-order valence-electron chi connectivity index (χ0n) is 9.83. The molecule has 1 aliphatic rings. The summed E-state index contributed by atoms with van der Waals surface area (Å²) in [6.07, 6.45) is 1.31. The summed E-state index contributed by atoms with van der Waals surface area (Å²) in [6.45, 7) is 1.01. The van der Waals surface area contributed by atoms with Gasteiger partial charge in [-0.2, -0.15) is 5.26 Å². The third-order valence-corrected chi connectivity index (χ3v) is 3.21. The van der Waals surface area contributed by atoms with E-state index in [0.717, 1.165) is 0 Å². The second-order valence-electron chi connectivity index (χ2n) is 4.37. The fourth-order valence-corrected chi connectivity index (χ4v) is 2.09. The lowest BCUT2D eigenvalue weighted by Crippen LogP contribution is -2.38. The van der Waals surface area contributed by atoms with Gasteiger partial charge in [0.2, 0.25) is 0 Å². The maximum atomic E-state index is 12.1. The second-order valence-corrected chi connectivity index (χ2v) is 4.37. The first-order valence-electron chi connectivity index (χ1n) is 5.83. The van der Waals surface area contributed by atoms with Gasteiger partial charge >= 0.3 is 0 Å². The highest BCUT2D eigenvalue weighted by atomic mass is 16.3. The van der Waals surface area contributed by atoms with Gasteiger partial charge in [0.25, 0.3) is 5.91 Å². The second kappa shape index (κ2) is 4.96. The van der Waals surface area contributed by atoms with Crippen molar-refractivity contribution in [3.8, 4) is 17.6 Å². The molecule has 0 bridgehead atoms. The lowest BCUT2D eigenvalue weighted by molar-refractivity contribution is 0.0703. The maximum Gasteiger partial charge on any atom is 0.257 e. The highest BCUT2D eigenvalue weighted by Crippen LogP contribution is 2.30. The summed E-state index contributed by atoms with van der Waals surface area (Å²) in [4.78, 5) is 13.7.